The van der Waals surface area contributed by atoms with Crippen molar-refractivity contribution >= 4 is 23.4 Å². The lowest BCUT2D eigenvalue weighted by atomic mass is 10.5. The van der Waals surface area contributed by atoms with Gasteiger partial charge < -0.3 is 5.11 Å². The van der Waals surface area contributed by atoms with E-state index in [4.69, 9.17) is 16.7 Å². The molecular formula is C8H9ClFNOS. The molecule has 0 aliphatic carbocycles. The summed E-state index contributed by atoms with van der Waals surface area (Å²) in [6.07, 6.45) is 0.666. The molecule has 2 nitrogen and oxygen atoms in total. The van der Waals surface area contributed by atoms with E-state index >= 15 is 0 Å². The van der Waals surface area contributed by atoms with Crippen molar-refractivity contribution in [3.8, 4) is 0 Å². The fourth-order valence-corrected chi connectivity index (χ4v) is 1.76. The third kappa shape index (κ3) is 3.50. The maximum Gasteiger partial charge on any atom is 0.116 e. The zero-order valence-electron chi connectivity index (χ0n) is 6.78. The Bertz CT molecular complexity index is 274. The number of rotatable bonds is 4. The molecule has 1 rings (SSSR count). The Kier molecular flexibility index (Phi) is 4.48. The lowest BCUT2D eigenvalue weighted by Gasteiger charge is -2.05. The van der Waals surface area contributed by atoms with Gasteiger partial charge in [-0.3, -0.25) is 0 Å². The Morgan fingerprint density at radius 2 is 2.46 bits per heavy atom. The Hall–Kier alpha value is -0.320. The molecule has 5 heteroatoms. The van der Waals surface area contributed by atoms with E-state index in [9.17, 15) is 4.39 Å². The molecule has 0 aliphatic rings. The molecule has 72 valence electrons. The van der Waals surface area contributed by atoms with E-state index in [0.29, 0.717) is 10.0 Å². The Balaban J connectivity index is 2.50. The highest BCUT2D eigenvalue weighted by molar-refractivity contribution is 7.99. The van der Waals surface area contributed by atoms with E-state index in [0.717, 1.165) is 0 Å². The molecule has 0 fully saturated rings. The molecule has 0 saturated heterocycles. The quantitative estimate of drug-likeness (QED) is 0.791. The first-order chi connectivity index (χ1) is 6.24. The van der Waals surface area contributed by atoms with Crippen LogP contribution in [0.15, 0.2) is 23.4 Å². The SMILES string of the molecule is OC(CF)CSc1ncccc1Cl. The minimum absolute atomic E-state index is 0.271. The molecule has 13 heavy (non-hydrogen) atoms. The second-order valence-electron chi connectivity index (χ2n) is 2.41. The van der Waals surface area contributed by atoms with Crippen LogP contribution in [-0.2, 0) is 0 Å². The number of aliphatic hydroxyl groups is 1. The Morgan fingerprint density at radius 1 is 1.69 bits per heavy atom. The van der Waals surface area contributed by atoms with Crippen LogP contribution in [-0.4, -0.2) is 28.6 Å². The normalized spacial score (nSPS) is 12.8. The molecular weight excluding hydrogens is 213 g/mol. The fraction of sp³-hybridized carbons (Fsp3) is 0.375. The molecule has 1 unspecified atom stereocenters. The molecule has 0 bridgehead atoms. The summed E-state index contributed by atoms with van der Waals surface area (Å²) < 4.78 is 11.9. The van der Waals surface area contributed by atoms with Gasteiger partial charge in [-0.05, 0) is 12.1 Å². The molecule has 1 aromatic heterocycles. The molecule has 0 saturated carbocycles. The van der Waals surface area contributed by atoms with Gasteiger partial charge in [-0.1, -0.05) is 11.6 Å². The van der Waals surface area contributed by atoms with Gasteiger partial charge in [0.15, 0.2) is 0 Å². The van der Waals surface area contributed by atoms with E-state index in [-0.39, 0.29) is 5.75 Å². The van der Waals surface area contributed by atoms with Crippen LogP contribution in [0.25, 0.3) is 0 Å². The predicted octanol–water partition coefficient (Wildman–Crippen LogP) is 2.16. The molecule has 1 atom stereocenters. The van der Waals surface area contributed by atoms with Crippen molar-refractivity contribution in [3.05, 3.63) is 23.4 Å². The number of hydrogen-bond acceptors (Lipinski definition) is 3. The van der Waals surface area contributed by atoms with Gasteiger partial charge in [-0.15, -0.1) is 11.8 Å². The lowest BCUT2D eigenvalue weighted by molar-refractivity contribution is 0.162. The van der Waals surface area contributed by atoms with Crippen LogP contribution in [0.5, 0.6) is 0 Å². The van der Waals surface area contributed by atoms with Crippen molar-refractivity contribution in [2.24, 2.45) is 0 Å². The highest BCUT2D eigenvalue weighted by atomic mass is 35.5. The first-order valence-electron chi connectivity index (χ1n) is 3.71. The minimum atomic E-state index is -0.942. The number of aromatic nitrogens is 1. The number of alkyl halides is 1. The molecule has 1 heterocycles. The maximum absolute atomic E-state index is 11.9. The van der Waals surface area contributed by atoms with E-state index in [2.05, 4.69) is 4.98 Å². The summed E-state index contributed by atoms with van der Waals surface area (Å²) in [6.45, 7) is -0.739. The largest absolute Gasteiger partial charge is 0.390 e. The van der Waals surface area contributed by atoms with Gasteiger partial charge in [0.05, 0.1) is 11.1 Å². The average molecular weight is 222 g/mol. The van der Waals surface area contributed by atoms with Crippen molar-refractivity contribution < 1.29 is 9.50 Å². The highest BCUT2D eigenvalue weighted by Gasteiger charge is 2.06. The van der Waals surface area contributed by atoms with Crippen LogP contribution in [0.1, 0.15) is 0 Å². The number of pyridine rings is 1. The second kappa shape index (κ2) is 5.42. The van der Waals surface area contributed by atoms with Gasteiger partial charge in [-0.25, -0.2) is 9.37 Å². The molecule has 0 amide bonds. The Morgan fingerprint density at radius 3 is 3.08 bits per heavy atom. The van der Waals surface area contributed by atoms with Crippen molar-refractivity contribution in [2.75, 3.05) is 12.4 Å². The minimum Gasteiger partial charge on any atom is -0.390 e. The van der Waals surface area contributed by atoms with Crippen molar-refractivity contribution in [1.82, 2.24) is 4.98 Å². The van der Waals surface area contributed by atoms with Crippen LogP contribution in [0.3, 0.4) is 0 Å². The van der Waals surface area contributed by atoms with E-state index in [1.165, 1.54) is 11.8 Å². The van der Waals surface area contributed by atoms with Gasteiger partial charge in [0.1, 0.15) is 11.7 Å². The van der Waals surface area contributed by atoms with Crippen molar-refractivity contribution in [1.29, 1.82) is 0 Å². The smallest absolute Gasteiger partial charge is 0.116 e. The lowest BCUT2D eigenvalue weighted by Crippen LogP contribution is -2.11. The molecule has 1 aromatic rings. The van der Waals surface area contributed by atoms with E-state index in [1.54, 1.807) is 18.3 Å². The number of hydrogen-bond donors (Lipinski definition) is 1. The van der Waals surface area contributed by atoms with Crippen LogP contribution in [0, 0.1) is 0 Å². The maximum atomic E-state index is 11.9. The standard InChI is InChI=1S/C8H9ClFNOS/c9-7-2-1-3-11-8(7)13-5-6(12)4-10/h1-3,6,12H,4-5H2. The zero-order valence-corrected chi connectivity index (χ0v) is 8.35. The van der Waals surface area contributed by atoms with Gasteiger partial charge in [0, 0.05) is 11.9 Å². The molecule has 1 N–H and O–H groups in total. The van der Waals surface area contributed by atoms with Gasteiger partial charge in [-0.2, -0.15) is 0 Å². The molecule has 0 aromatic carbocycles. The summed E-state index contributed by atoms with van der Waals surface area (Å²) in [4.78, 5) is 3.98. The highest BCUT2D eigenvalue weighted by Crippen LogP contribution is 2.24. The van der Waals surface area contributed by atoms with Crippen molar-refractivity contribution in [3.63, 3.8) is 0 Å². The van der Waals surface area contributed by atoms with Gasteiger partial charge in [0.25, 0.3) is 0 Å². The van der Waals surface area contributed by atoms with Gasteiger partial charge >= 0.3 is 0 Å². The van der Waals surface area contributed by atoms with Crippen molar-refractivity contribution in [2.45, 2.75) is 11.1 Å². The van der Waals surface area contributed by atoms with E-state index in [1.807, 2.05) is 0 Å². The summed E-state index contributed by atoms with van der Waals surface area (Å²) >= 11 is 7.04. The fourth-order valence-electron chi connectivity index (χ4n) is 0.697. The summed E-state index contributed by atoms with van der Waals surface area (Å²) in [6, 6.07) is 3.43. The summed E-state index contributed by atoms with van der Waals surface area (Å²) in [5.41, 5.74) is 0. The third-order valence-electron chi connectivity index (χ3n) is 1.32. The first-order valence-corrected chi connectivity index (χ1v) is 5.07. The number of aliphatic hydroxyl groups excluding tert-OH is 1. The zero-order chi connectivity index (χ0) is 9.68. The van der Waals surface area contributed by atoms with Gasteiger partial charge in [0.2, 0.25) is 0 Å². The summed E-state index contributed by atoms with van der Waals surface area (Å²) in [7, 11) is 0. The summed E-state index contributed by atoms with van der Waals surface area (Å²) in [5.74, 6) is 0.271. The topological polar surface area (TPSA) is 33.1 Å². The van der Waals surface area contributed by atoms with Crippen LogP contribution < -0.4 is 0 Å². The predicted molar refractivity (Wildman–Crippen MR) is 52.0 cm³/mol. The average Bonchev–Trinajstić information content (AvgIpc) is 2.16. The third-order valence-corrected chi connectivity index (χ3v) is 2.88. The Labute approximate surface area is 85.1 Å². The van der Waals surface area contributed by atoms with Crippen LogP contribution in [0.2, 0.25) is 5.02 Å². The monoisotopic (exact) mass is 221 g/mol. The number of thioether (sulfide) groups is 1. The van der Waals surface area contributed by atoms with E-state index < -0.39 is 12.8 Å². The number of halogens is 2. The van der Waals surface area contributed by atoms with Crippen LogP contribution >= 0.6 is 23.4 Å². The molecule has 0 spiro atoms. The van der Waals surface area contributed by atoms with Crippen LogP contribution in [0.4, 0.5) is 4.39 Å². The summed E-state index contributed by atoms with van der Waals surface area (Å²) in [5, 5.41) is 10.1. The molecule has 0 radical (unpaired) electrons. The molecule has 0 aliphatic heterocycles. The first kappa shape index (κ1) is 10.8. The second-order valence-corrected chi connectivity index (χ2v) is 3.83. The number of nitrogens with zero attached hydrogens (tertiary/aromatic N) is 1.